The van der Waals surface area contributed by atoms with Crippen LogP contribution in [0.4, 0.5) is 0 Å². The molecule has 0 aromatic heterocycles. The number of ether oxygens (including phenoxy) is 2. The number of nitrogens with zero attached hydrogens (tertiary/aromatic N) is 1. The average molecular weight is 361 g/mol. The van der Waals surface area contributed by atoms with Gasteiger partial charge in [0.1, 0.15) is 5.75 Å². The summed E-state index contributed by atoms with van der Waals surface area (Å²) in [5, 5.41) is 0. The smallest absolute Gasteiger partial charge is 0.310 e. The van der Waals surface area contributed by atoms with Crippen LogP contribution in [0.1, 0.15) is 51.5 Å². The zero-order valence-electron chi connectivity index (χ0n) is 16.2. The Morgan fingerprint density at radius 3 is 2.38 bits per heavy atom. The summed E-state index contributed by atoms with van der Waals surface area (Å²) in [6, 6.07) is 7.89. The SMILES string of the molecule is CCOc1ccc(CC(=O)N(CC(C)C(=O)OC)C2CCCCC2)cc1. The molecule has 1 aliphatic rings. The summed E-state index contributed by atoms with van der Waals surface area (Å²) in [5.41, 5.74) is 0.963. The zero-order chi connectivity index (χ0) is 18.9. The molecule has 0 heterocycles. The summed E-state index contributed by atoms with van der Waals surface area (Å²) < 4.78 is 10.3. The van der Waals surface area contributed by atoms with Gasteiger partial charge in [0.15, 0.2) is 0 Å². The Labute approximate surface area is 156 Å². The molecule has 0 aliphatic heterocycles. The predicted octanol–water partition coefficient (Wildman–Crippen LogP) is 3.60. The Morgan fingerprint density at radius 2 is 1.81 bits per heavy atom. The van der Waals surface area contributed by atoms with E-state index in [1.54, 1.807) is 0 Å². The van der Waals surface area contributed by atoms with Crippen molar-refractivity contribution in [3.05, 3.63) is 29.8 Å². The molecule has 1 aromatic carbocycles. The molecule has 1 atom stereocenters. The first-order valence-corrected chi connectivity index (χ1v) is 9.64. The van der Waals surface area contributed by atoms with Gasteiger partial charge in [0.05, 0.1) is 26.1 Å². The molecule has 26 heavy (non-hydrogen) atoms. The van der Waals surface area contributed by atoms with E-state index >= 15 is 0 Å². The van der Waals surface area contributed by atoms with Crippen molar-refractivity contribution in [2.24, 2.45) is 5.92 Å². The van der Waals surface area contributed by atoms with Crippen LogP contribution < -0.4 is 4.74 Å². The number of carbonyl (C=O) groups is 2. The van der Waals surface area contributed by atoms with E-state index in [9.17, 15) is 9.59 Å². The minimum atomic E-state index is -0.314. The standard InChI is InChI=1S/C21H31NO4/c1-4-26-19-12-10-17(11-13-19)14-20(23)22(15-16(2)21(24)25-3)18-8-6-5-7-9-18/h10-13,16,18H,4-9,14-15H2,1-3H3. The Hall–Kier alpha value is -2.04. The van der Waals surface area contributed by atoms with E-state index in [2.05, 4.69) is 0 Å². The Bertz CT molecular complexity index is 578. The van der Waals surface area contributed by atoms with Crippen LogP contribution in [0.5, 0.6) is 5.75 Å². The van der Waals surface area contributed by atoms with Gasteiger partial charge in [0.2, 0.25) is 5.91 Å². The van der Waals surface area contributed by atoms with Crippen LogP contribution in [0, 0.1) is 5.92 Å². The highest BCUT2D eigenvalue weighted by atomic mass is 16.5. The highest BCUT2D eigenvalue weighted by molar-refractivity contribution is 5.80. The first-order chi connectivity index (χ1) is 12.5. The van der Waals surface area contributed by atoms with Gasteiger partial charge >= 0.3 is 5.97 Å². The molecule has 0 saturated heterocycles. The number of esters is 1. The number of rotatable bonds is 8. The number of carbonyl (C=O) groups excluding carboxylic acids is 2. The minimum absolute atomic E-state index is 0.0804. The molecule has 0 N–H and O–H groups in total. The third-order valence-electron chi connectivity index (χ3n) is 5.00. The number of hydrogen-bond donors (Lipinski definition) is 0. The molecule has 2 rings (SSSR count). The molecule has 1 aliphatic carbocycles. The van der Waals surface area contributed by atoms with Crippen LogP contribution >= 0.6 is 0 Å². The van der Waals surface area contributed by atoms with Crippen molar-refractivity contribution in [1.29, 1.82) is 0 Å². The van der Waals surface area contributed by atoms with E-state index in [1.807, 2.05) is 43.0 Å². The van der Waals surface area contributed by atoms with E-state index in [1.165, 1.54) is 13.5 Å². The monoisotopic (exact) mass is 361 g/mol. The molecule has 1 fully saturated rings. The first-order valence-electron chi connectivity index (χ1n) is 9.64. The second kappa shape index (κ2) is 10.2. The number of methoxy groups -OCH3 is 1. The molecule has 0 radical (unpaired) electrons. The van der Waals surface area contributed by atoms with Crippen LogP contribution in [0.15, 0.2) is 24.3 Å². The molecular formula is C21H31NO4. The van der Waals surface area contributed by atoms with Gasteiger partial charge in [-0.3, -0.25) is 9.59 Å². The van der Waals surface area contributed by atoms with Gasteiger partial charge in [0, 0.05) is 12.6 Å². The third kappa shape index (κ3) is 5.75. The molecule has 5 nitrogen and oxygen atoms in total. The largest absolute Gasteiger partial charge is 0.494 e. The van der Waals surface area contributed by atoms with Crippen LogP contribution in [0.3, 0.4) is 0 Å². The highest BCUT2D eigenvalue weighted by Crippen LogP contribution is 2.24. The van der Waals surface area contributed by atoms with Gasteiger partial charge in [-0.05, 0) is 37.5 Å². The van der Waals surface area contributed by atoms with Crippen LogP contribution in [0.2, 0.25) is 0 Å². The van der Waals surface area contributed by atoms with Crippen molar-refractivity contribution in [3.63, 3.8) is 0 Å². The zero-order valence-corrected chi connectivity index (χ0v) is 16.2. The second-order valence-electron chi connectivity index (χ2n) is 7.02. The van der Waals surface area contributed by atoms with Gasteiger partial charge in [0.25, 0.3) is 0 Å². The van der Waals surface area contributed by atoms with Crippen molar-refractivity contribution in [2.75, 3.05) is 20.3 Å². The van der Waals surface area contributed by atoms with E-state index in [-0.39, 0.29) is 23.8 Å². The summed E-state index contributed by atoms with van der Waals surface area (Å²) in [5.74, 6) is 0.315. The van der Waals surface area contributed by atoms with Crippen molar-refractivity contribution in [2.45, 2.75) is 58.4 Å². The molecule has 0 bridgehead atoms. The topological polar surface area (TPSA) is 55.8 Å². The molecule has 1 aromatic rings. The fourth-order valence-electron chi connectivity index (χ4n) is 3.56. The van der Waals surface area contributed by atoms with Crippen LogP contribution in [0.25, 0.3) is 0 Å². The third-order valence-corrected chi connectivity index (χ3v) is 5.00. The minimum Gasteiger partial charge on any atom is -0.494 e. The quantitative estimate of drug-likeness (QED) is 0.664. The lowest BCUT2D eigenvalue weighted by Crippen LogP contribution is -2.45. The molecule has 144 valence electrons. The van der Waals surface area contributed by atoms with E-state index in [0.29, 0.717) is 19.6 Å². The van der Waals surface area contributed by atoms with Gasteiger partial charge in [-0.25, -0.2) is 0 Å². The summed E-state index contributed by atoms with van der Waals surface area (Å²) in [6.07, 6.45) is 5.89. The van der Waals surface area contributed by atoms with Gasteiger partial charge < -0.3 is 14.4 Å². The highest BCUT2D eigenvalue weighted by Gasteiger charge is 2.28. The van der Waals surface area contributed by atoms with Crippen LogP contribution in [-0.4, -0.2) is 43.1 Å². The Kier molecular flexibility index (Phi) is 7.95. The Balaban J connectivity index is 2.06. The lowest BCUT2D eigenvalue weighted by atomic mass is 9.93. The molecule has 0 spiro atoms. The maximum atomic E-state index is 13.0. The molecule has 1 saturated carbocycles. The molecule has 1 unspecified atom stereocenters. The summed E-state index contributed by atoms with van der Waals surface area (Å²) >= 11 is 0. The summed E-state index contributed by atoms with van der Waals surface area (Å²) in [6.45, 7) is 4.82. The Morgan fingerprint density at radius 1 is 1.15 bits per heavy atom. The molecule has 5 heteroatoms. The van der Waals surface area contributed by atoms with Gasteiger partial charge in [-0.15, -0.1) is 0 Å². The van der Waals surface area contributed by atoms with Crippen molar-refractivity contribution < 1.29 is 19.1 Å². The molecular weight excluding hydrogens is 330 g/mol. The number of benzene rings is 1. The second-order valence-corrected chi connectivity index (χ2v) is 7.02. The normalized spacial score (nSPS) is 16.0. The number of amides is 1. The van der Waals surface area contributed by atoms with Crippen LogP contribution in [-0.2, 0) is 20.7 Å². The van der Waals surface area contributed by atoms with Gasteiger partial charge in [-0.2, -0.15) is 0 Å². The van der Waals surface area contributed by atoms with Crippen molar-refractivity contribution in [3.8, 4) is 5.75 Å². The van der Waals surface area contributed by atoms with E-state index in [0.717, 1.165) is 37.0 Å². The lowest BCUT2D eigenvalue weighted by molar-refractivity contribution is -0.147. The van der Waals surface area contributed by atoms with E-state index in [4.69, 9.17) is 9.47 Å². The maximum Gasteiger partial charge on any atom is 0.310 e. The fraction of sp³-hybridized carbons (Fsp3) is 0.619. The molecule has 1 amide bonds. The number of hydrogen-bond acceptors (Lipinski definition) is 4. The predicted molar refractivity (Wildman–Crippen MR) is 101 cm³/mol. The lowest BCUT2D eigenvalue weighted by Gasteiger charge is -2.35. The fourth-order valence-corrected chi connectivity index (χ4v) is 3.56. The van der Waals surface area contributed by atoms with E-state index < -0.39 is 0 Å². The van der Waals surface area contributed by atoms with Crippen molar-refractivity contribution >= 4 is 11.9 Å². The first kappa shape index (κ1) is 20.3. The average Bonchev–Trinajstić information content (AvgIpc) is 2.67. The maximum absolute atomic E-state index is 13.0. The van der Waals surface area contributed by atoms with Crippen molar-refractivity contribution in [1.82, 2.24) is 4.90 Å². The summed E-state index contributed by atoms with van der Waals surface area (Å²) in [4.78, 5) is 26.8. The summed E-state index contributed by atoms with van der Waals surface area (Å²) in [7, 11) is 1.39. The van der Waals surface area contributed by atoms with Gasteiger partial charge in [-0.1, -0.05) is 38.3 Å².